The molecule has 2 amide bonds. The molecule has 5 nitrogen and oxygen atoms in total. The highest BCUT2D eigenvalue weighted by Crippen LogP contribution is 2.46. The SMILES string of the molecule is CN(C)CCCNC(=O)C1(C(=O)NCc2ccccc2F)CC1. The molecule has 1 saturated carbocycles. The molecule has 0 aromatic heterocycles. The van der Waals surface area contributed by atoms with Crippen LogP contribution in [0.25, 0.3) is 0 Å². The Hall–Kier alpha value is -1.95. The smallest absolute Gasteiger partial charge is 0.235 e. The van der Waals surface area contributed by atoms with Gasteiger partial charge in [0.25, 0.3) is 0 Å². The number of nitrogens with one attached hydrogen (secondary N) is 2. The van der Waals surface area contributed by atoms with Gasteiger partial charge in [-0.25, -0.2) is 4.39 Å². The van der Waals surface area contributed by atoms with Crippen molar-refractivity contribution in [2.24, 2.45) is 5.41 Å². The molecule has 1 aliphatic carbocycles. The summed E-state index contributed by atoms with van der Waals surface area (Å²) in [5.74, 6) is -0.890. The van der Waals surface area contributed by atoms with E-state index in [-0.39, 0.29) is 24.2 Å². The summed E-state index contributed by atoms with van der Waals surface area (Å²) in [6.45, 7) is 1.54. The van der Waals surface area contributed by atoms with E-state index in [1.807, 2.05) is 19.0 Å². The molecule has 0 radical (unpaired) electrons. The number of carbonyl (C=O) groups is 2. The van der Waals surface area contributed by atoms with Crippen LogP contribution in [0.2, 0.25) is 0 Å². The molecule has 0 atom stereocenters. The number of benzene rings is 1. The average molecular weight is 321 g/mol. The topological polar surface area (TPSA) is 61.4 Å². The maximum Gasteiger partial charge on any atom is 0.235 e. The Bertz CT molecular complexity index is 571. The van der Waals surface area contributed by atoms with Gasteiger partial charge >= 0.3 is 0 Å². The van der Waals surface area contributed by atoms with Crippen molar-refractivity contribution in [3.05, 3.63) is 35.6 Å². The molecule has 0 unspecified atom stereocenters. The van der Waals surface area contributed by atoms with Crippen molar-refractivity contribution < 1.29 is 14.0 Å². The highest BCUT2D eigenvalue weighted by molar-refractivity contribution is 6.07. The zero-order valence-electron chi connectivity index (χ0n) is 13.7. The largest absolute Gasteiger partial charge is 0.355 e. The van der Waals surface area contributed by atoms with Gasteiger partial charge in [0.15, 0.2) is 0 Å². The third-order valence-corrected chi connectivity index (χ3v) is 4.08. The van der Waals surface area contributed by atoms with Gasteiger partial charge < -0.3 is 15.5 Å². The Labute approximate surface area is 136 Å². The molecule has 23 heavy (non-hydrogen) atoms. The second-order valence-electron chi connectivity index (χ2n) is 6.27. The molecule has 1 aromatic rings. The van der Waals surface area contributed by atoms with Crippen LogP contribution in [0.5, 0.6) is 0 Å². The maximum atomic E-state index is 13.5. The molecular formula is C17H24FN3O2. The number of carbonyl (C=O) groups excluding carboxylic acids is 2. The van der Waals surface area contributed by atoms with Crippen LogP contribution in [-0.4, -0.2) is 43.9 Å². The lowest BCUT2D eigenvalue weighted by Gasteiger charge is -2.16. The number of rotatable bonds is 8. The van der Waals surface area contributed by atoms with Crippen LogP contribution in [0, 0.1) is 11.2 Å². The van der Waals surface area contributed by atoms with Gasteiger partial charge in [0.05, 0.1) is 0 Å². The highest BCUT2D eigenvalue weighted by Gasteiger charge is 2.56. The first-order valence-electron chi connectivity index (χ1n) is 7.90. The lowest BCUT2D eigenvalue weighted by atomic mass is 10.0. The summed E-state index contributed by atoms with van der Waals surface area (Å²) in [6, 6.07) is 6.29. The summed E-state index contributed by atoms with van der Waals surface area (Å²) < 4.78 is 13.5. The van der Waals surface area contributed by atoms with Crippen LogP contribution in [0.1, 0.15) is 24.8 Å². The van der Waals surface area contributed by atoms with Crippen LogP contribution >= 0.6 is 0 Å². The molecule has 1 fully saturated rings. The molecule has 0 saturated heterocycles. The fourth-order valence-corrected chi connectivity index (χ4v) is 2.44. The molecule has 0 heterocycles. The Morgan fingerprint density at radius 1 is 1.17 bits per heavy atom. The molecule has 6 heteroatoms. The first-order chi connectivity index (χ1) is 11.0. The van der Waals surface area contributed by atoms with Gasteiger partial charge in [0.2, 0.25) is 11.8 Å². The van der Waals surface area contributed by atoms with Gasteiger partial charge in [0, 0.05) is 18.7 Å². The Morgan fingerprint density at radius 2 is 1.83 bits per heavy atom. The summed E-state index contributed by atoms with van der Waals surface area (Å²) in [6.07, 6.45) is 1.94. The lowest BCUT2D eigenvalue weighted by molar-refractivity contribution is -0.137. The Morgan fingerprint density at radius 3 is 2.43 bits per heavy atom. The van der Waals surface area contributed by atoms with E-state index in [1.165, 1.54) is 6.07 Å². The van der Waals surface area contributed by atoms with Gasteiger partial charge in [-0.05, 0) is 46.0 Å². The first-order valence-corrected chi connectivity index (χ1v) is 7.90. The molecular weight excluding hydrogens is 297 g/mol. The van der Waals surface area contributed by atoms with Crippen molar-refractivity contribution >= 4 is 11.8 Å². The third kappa shape index (κ3) is 4.51. The zero-order valence-corrected chi connectivity index (χ0v) is 13.7. The van der Waals surface area contributed by atoms with Gasteiger partial charge in [-0.1, -0.05) is 18.2 Å². The average Bonchev–Trinajstić information content (AvgIpc) is 3.32. The monoisotopic (exact) mass is 321 g/mol. The van der Waals surface area contributed by atoms with E-state index < -0.39 is 5.41 Å². The quantitative estimate of drug-likeness (QED) is 0.560. The molecule has 1 aromatic carbocycles. The van der Waals surface area contributed by atoms with Crippen LogP contribution in [-0.2, 0) is 16.1 Å². The van der Waals surface area contributed by atoms with Gasteiger partial charge in [-0.15, -0.1) is 0 Å². The molecule has 0 bridgehead atoms. The van der Waals surface area contributed by atoms with E-state index >= 15 is 0 Å². The summed E-state index contributed by atoms with van der Waals surface area (Å²) in [7, 11) is 3.95. The zero-order chi connectivity index (χ0) is 16.9. The van der Waals surface area contributed by atoms with Crippen molar-refractivity contribution in [1.82, 2.24) is 15.5 Å². The van der Waals surface area contributed by atoms with Crippen LogP contribution in [0.15, 0.2) is 24.3 Å². The maximum absolute atomic E-state index is 13.5. The number of hydrogen-bond donors (Lipinski definition) is 2. The predicted molar refractivity (Wildman–Crippen MR) is 86.1 cm³/mol. The number of nitrogens with zero attached hydrogens (tertiary/aromatic N) is 1. The van der Waals surface area contributed by atoms with E-state index in [9.17, 15) is 14.0 Å². The molecule has 1 aliphatic rings. The van der Waals surface area contributed by atoms with Gasteiger partial charge in [0.1, 0.15) is 11.2 Å². The van der Waals surface area contributed by atoms with E-state index in [4.69, 9.17) is 0 Å². The normalized spacial score (nSPS) is 15.3. The van der Waals surface area contributed by atoms with E-state index in [2.05, 4.69) is 10.6 Å². The molecule has 0 aliphatic heterocycles. The second kappa shape index (κ2) is 7.55. The number of halogens is 1. The fourth-order valence-electron chi connectivity index (χ4n) is 2.44. The standard InChI is InChI=1S/C17H24FN3O2/c1-21(2)11-5-10-19-15(22)17(8-9-17)16(23)20-12-13-6-3-4-7-14(13)18/h3-4,6-7H,5,8-12H2,1-2H3,(H,19,22)(H,20,23). The Kier molecular flexibility index (Phi) is 5.71. The van der Waals surface area contributed by atoms with E-state index in [1.54, 1.807) is 18.2 Å². The second-order valence-corrected chi connectivity index (χ2v) is 6.27. The fraction of sp³-hybridized carbons (Fsp3) is 0.529. The molecule has 2 N–H and O–H groups in total. The molecule has 0 spiro atoms. The van der Waals surface area contributed by atoms with Gasteiger partial charge in [-0.3, -0.25) is 9.59 Å². The Balaban J connectivity index is 1.81. The van der Waals surface area contributed by atoms with Crippen LogP contribution in [0.3, 0.4) is 0 Å². The summed E-state index contributed by atoms with van der Waals surface area (Å²) in [4.78, 5) is 26.6. The van der Waals surface area contributed by atoms with Crippen molar-refractivity contribution in [3.63, 3.8) is 0 Å². The van der Waals surface area contributed by atoms with Gasteiger partial charge in [-0.2, -0.15) is 0 Å². The minimum absolute atomic E-state index is 0.0984. The van der Waals surface area contributed by atoms with E-state index in [0.717, 1.165) is 13.0 Å². The minimum Gasteiger partial charge on any atom is -0.355 e. The predicted octanol–water partition coefficient (Wildman–Crippen LogP) is 1.29. The summed E-state index contributed by atoms with van der Waals surface area (Å²) in [5.41, 5.74) is -0.536. The lowest BCUT2D eigenvalue weighted by Crippen LogP contribution is -2.43. The number of hydrogen-bond acceptors (Lipinski definition) is 3. The minimum atomic E-state index is -0.955. The number of amides is 2. The van der Waals surface area contributed by atoms with E-state index in [0.29, 0.717) is 24.9 Å². The first kappa shape index (κ1) is 17.4. The summed E-state index contributed by atoms with van der Waals surface area (Å²) in [5, 5.41) is 5.51. The van der Waals surface area contributed by atoms with Crippen LogP contribution in [0.4, 0.5) is 4.39 Å². The van der Waals surface area contributed by atoms with Crippen LogP contribution < -0.4 is 10.6 Å². The van der Waals surface area contributed by atoms with Crippen molar-refractivity contribution in [2.45, 2.75) is 25.8 Å². The highest BCUT2D eigenvalue weighted by atomic mass is 19.1. The van der Waals surface area contributed by atoms with Crippen molar-refractivity contribution in [3.8, 4) is 0 Å². The molecule has 2 rings (SSSR count). The summed E-state index contributed by atoms with van der Waals surface area (Å²) >= 11 is 0. The third-order valence-electron chi connectivity index (χ3n) is 4.08. The van der Waals surface area contributed by atoms with Crippen molar-refractivity contribution in [1.29, 1.82) is 0 Å². The van der Waals surface area contributed by atoms with Crippen molar-refractivity contribution in [2.75, 3.05) is 27.2 Å². The molecule has 126 valence electrons.